The third kappa shape index (κ3) is 6.11. The number of likely N-dealkylation sites (N-methyl/N-ethyl adjacent to an activating group) is 1. The van der Waals surface area contributed by atoms with E-state index in [1.807, 2.05) is 18.9 Å². The molecule has 2 saturated heterocycles. The van der Waals surface area contributed by atoms with Crippen LogP contribution in [0.3, 0.4) is 0 Å². The molecular formula is C23H35N3O4. The fourth-order valence-electron chi connectivity index (χ4n) is 4.02. The van der Waals surface area contributed by atoms with Gasteiger partial charge >= 0.3 is 0 Å². The molecule has 0 spiro atoms. The van der Waals surface area contributed by atoms with Gasteiger partial charge in [0.15, 0.2) is 18.1 Å². The third-order valence-electron chi connectivity index (χ3n) is 5.85. The predicted molar refractivity (Wildman–Crippen MR) is 116 cm³/mol. The topological polar surface area (TPSA) is 62.3 Å². The minimum absolute atomic E-state index is 0.000975. The second-order valence-corrected chi connectivity index (χ2v) is 8.10. The normalized spacial score (nSPS) is 17.1. The van der Waals surface area contributed by atoms with Crippen LogP contribution in [0.25, 0.3) is 0 Å². The molecule has 2 heterocycles. The summed E-state index contributed by atoms with van der Waals surface area (Å²) >= 11 is 0. The molecule has 0 saturated carbocycles. The van der Waals surface area contributed by atoms with E-state index < -0.39 is 0 Å². The quantitative estimate of drug-likeness (QED) is 0.618. The molecule has 3 rings (SSSR count). The highest BCUT2D eigenvalue weighted by Gasteiger charge is 2.20. The number of benzene rings is 1. The summed E-state index contributed by atoms with van der Waals surface area (Å²) in [4.78, 5) is 31.2. The molecule has 0 radical (unpaired) electrons. The van der Waals surface area contributed by atoms with Crippen LogP contribution in [-0.4, -0.2) is 86.0 Å². The fraction of sp³-hybridized carbons (Fsp3) is 0.652. The van der Waals surface area contributed by atoms with Gasteiger partial charge in [-0.1, -0.05) is 0 Å². The van der Waals surface area contributed by atoms with Crippen LogP contribution in [0.15, 0.2) is 18.2 Å². The van der Waals surface area contributed by atoms with E-state index in [0.29, 0.717) is 30.2 Å². The number of carbonyl (C=O) groups is 2. The zero-order chi connectivity index (χ0) is 21.3. The molecule has 2 aliphatic heterocycles. The van der Waals surface area contributed by atoms with E-state index in [4.69, 9.17) is 9.47 Å². The van der Waals surface area contributed by atoms with Gasteiger partial charge in [0, 0.05) is 38.8 Å². The molecule has 1 aromatic rings. The van der Waals surface area contributed by atoms with E-state index in [1.165, 1.54) is 19.3 Å². The highest BCUT2D eigenvalue weighted by Crippen LogP contribution is 2.29. The number of carbonyl (C=O) groups excluding carboxylic acids is 2. The number of nitrogens with zero attached hydrogens (tertiary/aromatic N) is 3. The van der Waals surface area contributed by atoms with Gasteiger partial charge in [0.25, 0.3) is 11.8 Å². The van der Waals surface area contributed by atoms with Crippen molar-refractivity contribution in [3.05, 3.63) is 23.8 Å². The molecule has 0 aromatic heterocycles. The van der Waals surface area contributed by atoms with E-state index >= 15 is 0 Å². The number of hydrogen-bond donors (Lipinski definition) is 0. The van der Waals surface area contributed by atoms with Crippen molar-refractivity contribution in [1.29, 1.82) is 0 Å². The first kappa shape index (κ1) is 22.4. The van der Waals surface area contributed by atoms with Crippen LogP contribution in [0.4, 0.5) is 0 Å². The molecule has 0 aliphatic carbocycles. The summed E-state index contributed by atoms with van der Waals surface area (Å²) in [6.07, 6.45) is 5.78. The van der Waals surface area contributed by atoms with Gasteiger partial charge in [-0.3, -0.25) is 9.59 Å². The molecule has 2 aliphatic rings. The number of piperidine rings is 1. The molecule has 0 N–H and O–H groups in total. The molecule has 0 atom stereocenters. The summed E-state index contributed by atoms with van der Waals surface area (Å²) in [7, 11) is 1.83. The highest BCUT2D eigenvalue weighted by molar-refractivity contribution is 5.94. The molecule has 0 unspecified atom stereocenters. The van der Waals surface area contributed by atoms with Gasteiger partial charge in [-0.15, -0.1) is 0 Å². The van der Waals surface area contributed by atoms with Crippen LogP contribution in [0.2, 0.25) is 0 Å². The molecule has 0 bridgehead atoms. The van der Waals surface area contributed by atoms with Crippen molar-refractivity contribution in [1.82, 2.24) is 14.7 Å². The Morgan fingerprint density at radius 3 is 2.37 bits per heavy atom. The Morgan fingerprint density at radius 2 is 1.67 bits per heavy atom. The molecular weight excluding hydrogens is 382 g/mol. The molecule has 7 nitrogen and oxygen atoms in total. The van der Waals surface area contributed by atoms with Crippen molar-refractivity contribution in [3.8, 4) is 11.5 Å². The third-order valence-corrected chi connectivity index (χ3v) is 5.85. The lowest BCUT2D eigenvalue weighted by atomic mass is 10.1. The SMILES string of the molecule is CCOc1cc(C(=O)N(C)CCN2CCCC2)ccc1OCC(=O)N1CCCCC1. The van der Waals surface area contributed by atoms with Gasteiger partial charge in [-0.25, -0.2) is 0 Å². The Hall–Kier alpha value is -2.28. The summed E-state index contributed by atoms with van der Waals surface area (Å²) in [5.41, 5.74) is 0.567. The Labute approximate surface area is 179 Å². The van der Waals surface area contributed by atoms with Gasteiger partial charge in [-0.2, -0.15) is 0 Å². The Morgan fingerprint density at radius 1 is 0.967 bits per heavy atom. The van der Waals surface area contributed by atoms with Crippen LogP contribution in [0.1, 0.15) is 49.4 Å². The number of hydrogen-bond acceptors (Lipinski definition) is 5. The zero-order valence-electron chi connectivity index (χ0n) is 18.4. The Balaban J connectivity index is 1.58. The molecule has 166 valence electrons. The first-order chi connectivity index (χ1) is 14.6. The van der Waals surface area contributed by atoms with Crippen LogP contribution < -0.4 is 9.47 Å². The first-order valence-corrected chi connectivity index (χ1v) is 11.2. The average molecular weight is 418 g/mol. The van der Waals surface area contributed by atoms with Gasteiger partial charge in [0.2, 0.25) is 0 Å². The van der Waals surface area contributed by atoms with Crippen molar-refractivity contribution >= 4 is 11.8 Å². The highest BCUT2D eigenvalue weighted by atomic mass is 16.5. The monoisotopic (exact) mass is 417 g/mol. The maximum atomic E-state index is 12.8. The Bertz CT molecular complexity index is 712. The van der Waals surface area contributed by atoms with Crippen molar-refractivity contribution in [2.24, 2.45) is 0 Å². The number of ether oxygens (including phenoxy) is 2. The van der Waals surface area contributed by atoms with E-state index in [-0.39, 0.29) is 18.4 Å². The van der Waals surface area contributed by atoms with Gasteiger partial charge in [0.05, 0.1) is 6.61 Å². The van der Waals surface area contributed by atoms with E-state index in [9.17, 15) is 9.59 Å². The van der Waals surface area contributed by atoms with Gasteiger partial charge in [0.1, 0.15) is 0 Å². The van der Waals surface area contributed by atoms with Gasteiger partial charge < -0.3 is 24.2 Å². The van der Waals surface area contributed by atoms with E-state index in [1.54, 1.807) is 23.1 Å². The lowest BCUT2D eigenvalue weighted by molar-refractivity contribution is -0.134. The average Bonchev–Trinajstić information content (AvgIpc) is 3.30. The second kappa shape index (κ2) is 11.2. The summed E-state index contributed by atoms with van der Waals surface area (Å²) in [6, 6.07) is 5.20. The molecule has 1 aromatic carbocycles. The Kier molecular flexibility index (Phi) is 8.37. The van der Waals surface area contributed by atoms with Crippen LogP contribution in [0.5, 0.6) is 11.5 Å². The maximum absolute atomic E-state index is 12.8. The number of likely N-dealkylation sites (tertiary alicyclic amines) is 2. The lowest BCUT2D eigenvalue weighted by Gasteiger charge is -2.26. The fourth-order valence-corrected chi connectivity index (χ4v) is 4.02. The van der Waals surface area contributed by atoms with Crippen molar-refractivity contribution in [2.75, 3.05) is 59.5 Å². The zero-order valence-corrected chi connectivity index (χ0v) is 18.4. The summed E-state index contributed by atoms with van der Waals surface area (Å²) < 4.78 is 11.5. The minimum atomic E-state index is -0.0360. The first-order valence-electron chi connectivity index (χ1n) is 11.2. The van der Waals surface area contributed by atoms with Crippen molar-refractivity contribution in [2.45, 2.75) is 39.0 Å². The van der Waals surface area contributed by atoms with Crippen molar-refractivity contribution in [3.63, 3.8) is 0 Å². The van der Waals surface area contributed by atoms with Crippen LogP contribution in [-0.2, 0) is 4.79 Å². The number of amides is 2. The summed E-state index contributed by atoms with van der Waals surface area (Å²) in [6.45, 7) is 7.79. The smallest absolute Gasteiger partial charge is 0.260 e. The van der Waals surface area contributed by atoms with Gasteiger partial charge in [-0.05, 0) is 70.3 Å². The summed E-state index contributed by atoms with van der Waals surface area (Å²) in [5.74, 6) is 0.964. The summed E-state index contributed by atoms with van der Waals surface area (Å²) in [5, 5.41) is 0. The standard InChI is InChI=1S/C23H35N3O4/c1-3-29-21-17-19(23(28)24(2)15-16-25-11-7-8-12-25)9-10-20(21)30-18-22(27)26-13-5-4-6-14-26/h9-10,17H,3-8,11-16,18H2,1-2H3. The van der Waals surface area contributed by atoms with E-state index in [2.05, 4.69) is 4.90 Å². The lowest BCUT2D eigenvalue weighted by Crippen LogP contribution is -2.38. The minimum Gasteiger partial charge on any atom is -0.490 e. The van der Waals surface area contributed by atoms with Crippen LogP contribution in [0, 0.1) is 0 Å². The number of rotatable bonds is 9. The molecule has 2 amide bonds. The van der Waals surface area contributed by atoms with E-state index in [0.717, 1.165) is 45.6 Å². The maximum Gasteiger partial charge on any atom is 0.260 e. The predicted octanol–water partition coefficient (Wildman–Crippen LogP) is 2.64. The molecule has 30 heavy (non-hydrogen) atoms. The largest absolute Gasteiger partial charge is 0.490 e. The molecule has 2 fully saturated rings. The van der Waals surface area contributed by atoms with Crippen LogP contribution >= 0.6 is 0 Å². The van der Waals surface area contributed by atoms with Crippen molar-refractivity contribution < 1.29 is 19.1 Å². The molecule has 7 heteroatoms. The second-order valence-electron chi connectivity index (χ2n) is 8.10.